The molecular formula is C17H20BrClN4O2. The zero-order valence-corrected chi connectivity index (χ0v) is 16.4. The van der Waals surface area contributed by atoms with Crippen LogP contribution in [0.15, 0.2) is 22.9 Å². The summed E-state index contributed by atoms with van der Waals surface area (Å²) in [6, 6.07) is 3.77. The van der Waals surface area contributed by atoms with E-state index in [1.807, 2.05) is 12.1 Å². The van der Waals surface area contributed by atoms with Crippen molar-refractivity contribution in [3.63, 3.8) is 0 Å². The number of anilines is 1. The number of carbonyl (C=O) groups is 1. The van der Waals surface area contributed by atoms with E-state index in [-0.39, 0.29) is 6.09 Å². The Morgan fingerprint density at radius 1 is 1.28 bits per heavy atom. The van der Waals surface area contributed by atoms with Gasteiger partial charge in [0, 0.05) is 36.0 Å². The maximum absolute atomic E-state index is 12.0. The van der Waals surface area contributed by atoms with Crippen LogP contribution in [0.4, 0.5) is 10.6 Å². The summed E-state index contributed by atoms with van der Waals surface area (Å²) < 4.78 is 6.09. The third-order valence-corrected chi connectivity index (χ3v) is 5.41. The number of amides is 1. The number of hydrogen-bond donors (Lipinski definition) is 0. The quantitative estimate of drug-likeness (QED) is 0.687. The van der Waals surface area contributed by atoms with Crippen molar-refractivity contribution in [2.45, 2.75) is 19.8 Å². The summed E-state index contributed by atoms with van der Waals surface area (Å²) in [6.45, 7) is 5.18. The second-order valence-corrected chi connectivity index (χ2v) is 7.18. The number of piperazine rings is 1. The van der Waals surface area contributed by atoms with Gasteiger partial charge in [0.2, 0.25) is 0 Å². The number of halogens is 2. The third-order valence-electron chi connectivity index (χ3n) is 4.22. The molecule has 1 aromatic carbocycles. The van der Waals surface area contributed by atoms with Gasteiger partial charge in [-0.1, -0.05) is 24.9 Å². The molecule has 1 fully saturated rings. The first-order valence-corrected chi connectivity index (χ1v) is 9.53. The maximum atomic E-state index is 12.0. The van der Waals surface area contributed by atoms with Gasteiger partial charge in [-0.25, -0.2) is 14.8 Å². The smallest absolute Gasteiger partial charge is 0.409 e. The van der Waals surface area contributed by atoms with E-state index in [0.717, 1.165) is 34.0 Å². The fraction of sp³-hybridized carbons (Fsp3) is 0.471. The summed E-state index contributed by atoms with van der Waals surface area (Å²) in [6.07, 6.45) is 3.24. The van der Waals surface area contributed by atoms with Crippen LogP contribution in [0, 0.1) is 0 Å². The van der Waals surface area contributed by atoms with Crippen LogP contribution in [0.3, 0.4) is 0 Å². The second-order valence-electron chi connectivity index (χ2n) is 5.92. The Balaban J connectivity index is 1.70. The minimum absolute atomic E-state index is 0.229. The Bertz CT molecular complexity index is 766. The average Bonchev–Trinajstić information content (AvgIpc) is 2.62. The van der Waals surface area contributed by atoms with Crippen molar-refractivity contribution in [1.29, 1.82) is 0 Å². The van der Waals surface area contributed by atoms with Crippen molar-refractivity contribution in [3.8, 4) is 0 Å². The Morgan fingerprint density at radius 2 is 2.04 bits per heavy atom. The summed E-state index contributed by atoms with van der Waals surface area (Å²) >= 11 is 9.66. The molecule has 134 valence electrons. The highest BCUT2D eigenvalue weighted by molar-refractivity contribution is 9.10. The molecule has 2 aromatic rings. The van der Waals surface area contributed by atoms with Gasteiger partial charge in [-0.2, -0.15) is 0 Å². The second kappa shape index (κ2) is 8.19. The standard InChI is InChI=1S/C17H20BrClN4O2/c1-2-3-8-25-17(24)23-6-4-22(5-7-23)16-12-9-14(19)13(18)10-15(12)20-11-21-16/h9-11H,2-8H2,1H3. The summed E-state index contributed by atoms with van der Waals surface area (Å²) in [5, 5.41) is 1.54. The number of ether oxygens (including phenoxy) is 1. The molecule has 0 atom stereocenters. The van der Waals surface area contributed by atoms with Gasteiger partial charge >= 0.3 is 6.09 Å². The van der Waals surface area contributed by atoms with Crippen LogP contribution in [0.1, 0.15) is 19.8 Å². The van der Waals surface area contributed by atoms with Crippen LogP contribution in [-0.4, -0.2) is 53.7 Å². The summed E-state index contributed by atoms with van der Waals surface area (Å²) in [7, 11) is 0. The summed E-state index contributed by atoms with van der Waals surface area (Å²) in [4.78, 5) is 24.7. The van der Waals surface area contributed by atoms with Gasteiger partial charge in [0.15, 0.2) is 0 Å². The molecular weight excluding hydrogens is 408 g/mol. The van der Waals surface area contributed by atoms with E-state index in [1.165, 1.54) is 0 Å². The molecule has 0 aliphatic carbocycles. The monoisotopic (exact) mass is 426 g/mol. The van der Waals surface area contributed by atoms with Gasteiger partial charge in [0.1, 0.15) is 12.1 Å². The van der Waals surface area contributed by atoms with Crippen molar-refractivity contribution in [1.82, 2.24) is 14.9 Å². The van der Waals surface area contributed by atoms with Gasteiger partial charge in [-0.3, -0.25) is 0 Å². The molecule has 0 radical (unpaired) electrons. The molecule has 25 heavy (non-hydrogen) atoms. The van der Waals surface area contributed by atoms with E-state index < -0.39 is 0 Å². The Kier molecular flexibility index (Phi) is 5.96. The van der Waals surface area contributed by atoms with E-state index in [2.05, 4.69) is 37.7 Å². The molecule has 0 spiro atoms. The number of fused-ring (bicyclic) bond motifs is 1. The van der Waals surface area contributed by atoms with E-state index in [9.17, 15) is 4.79 Å². The van der Waals surface area contributed by atoms with Crippen LogP contribution in [0.5, 0.6) is 0 Å². The summed E-state index contributed by atoms with van der Waals surface area (Å²) in [5.74, 6) is 0.846. The van der Waals surface area contributed by atoms with Crippen molar-refractivity contribution >= 4 is 50.3 Å². The van der Waals surface area contributed by atoms with E-state index in [1.54, 1.807) is 11.2 Å². The first-order valence-electron chi connectivity index (χ1n) is 8.36. The molecule has 1 amide bonds. The van der Waals surface area contributed by atoms with Crippen molar-refractivity contribution in [3.05, 3.63) is 28.0 Å². The number of rotatable bonds is 4. The highest BCUT2D eigenvalue weighted by Gasteiger charge is 2.24. The lowest BCUT2D eigenvalue weighted by atomic mass is 10.2. The molecule has 3 rings (SSSR count). The number of nitrogens with zero attached hydrogens (tertiary/aromatic N) is 4. The van der Waals surface area contributed by atoms with Crippen molar-refractivity contribution < 1.29 is 9.53 Å². The van der Waals surface area contributed by atoms with Crippen LogP contribution in [0.25, 0.3) is 10.9 Å². The van der Waals surface area contributed by atoms with Crippen molar-refractivity contribution in [2.75, 3.05) is 37.7 Å². The normalized spacial score (nSPS) is 14.8. The topological polar surface area (TPSA) is 58.6 Å². The number of unbranched alkanes of at least 4 members (excludes halogenated alkanes) is 1. The Morgan fingerprint density at radius 3 is 2.76 bits per heavy atom. The molecule has 6 nitrogen and oxygen atoms in total. The average molecular weight is 428 g/mol. The number of carbonyl (C=O) groups excluding carboxylic acids is 1. The van der Waals surface area contributed by atoms with Gasteiger partial charge in [-0.15, -0.1) is 0 Å². The fourth-order valence-corrected chi connectivity index (χ4v) is 3.28. The minimum Gasteiger partial charge on any atom is -0.449 e. The van der Waals surface area contributed by atoms with Crippen LogP contribution in [-0.2, 0) is 4.74 Å². The molecule has 0 bridgehead atoms. The molecule has 0 N–H and O–H groups in total. The SMILES string of the molecule is CCCCOC(=O)N1CCN(c2ncnc3cc(Br)c(Cl)cc23)CC1. The molecule has 2 heterocycles. The molecule has 0 saturated carbocycles. The first kappa shape index (κ1) is 18.2. The minimum atomic E-state index is -0.229. The first-order chi connectivity index (χ1) is 12.1. The Hall–Kier alpha value is -1.60. The number of benzene rings is 1. The number of hydrogen-bond acceptors (Lipinski definition) is 5. The maximum Gasteiger partial charge on any atom is 0.409 e. The molecule has 1 aliphatic heterocycles. The predicted molar refractivity (Wildman–Crippen MR) is 102 cm³/mol. The van der Waals surface area contributed by atoms with Gasteiger partial charge in [0.25, 0.3) is 0 Å². The highest BCUT2D eigenvalue weighted by Crippen LogP contribution is 2.31. The summed E-state index contributed by atoms with van der Waals surface area (Å²) in [5.41, 5.74) is 0.836. The van der Waals surface area contributed by atoms with Crippen LogP contribution in [0.2, 0.25) is 5.02 Å². The van der Waals surface area contributed by atoms with Gasteiger partial charge in [-0.05, 0) is 34.5 Å². The predicted octanol–water partition coefficient (Wildman–Crippen LogP) is 4.10. The Labute approximate surface area is 160 Å². The third kappa shape index (κ3) is 4.15. The van der Waals surface area contributed by atoms with Crippen LogP contribution < -0.4 is 4.90 Å². The molecule has 0 unspecified atom stereocenters. The fourth-order valence-electron chi connectivity index (χ4n) is 2.79. The largest absolute Gasteiger partial charge is 0.449 e. The molecule has 8 heteroatoms. The van der Waals surface area contributed by atoms with E-state index in [0.29, 0.717) is 37.8 Å². The lowest BCUT2D eigenvalue weighted by molar-refractivity contribution is 0.0989. The van der Waals surface area contributed by atoms with Crippen molar-refractivity contribution in [2.24, 2.45) is 0 Å². The highest BCUT2D eigenvalue weighted by atomic mass is 79.9. The van der Waals surface area contributed by atoms with E-state index in [4.69, 9.17) is 16.3 Å². The zero-order chi connectivity index (χ0) is 17.8. The van der Waals surface area contributed by atoms with Gasteiger partial charge in [0.05, 0.1) is 17.1 Å². The zero-order valence-electron chi connectivity index (χ0n) is 14.0. The molecule has 1 saturated heterocycles. The molecule has 1 aliphatic rings. The van der Waals surface area contributed by atoms with E-state index >= 15 is 0 Å². The number of aromatic nitrogens is 2. The van der Waals surface area contributed by atoms with Crippen LogP contribution >= 0.6 is 27.5 Å². The lowest BCUT2D eigenvalue weighted by Gasteiger charge is -2.35. The molecule has 1 aromatic heterocycles. The lowest BCUT2D eigenvalue weighted by Crippen LogP contribution is -2.49. The van der Waals surface area contributed by atoms with Gasteiger partial charge < -0.3 is 14.5 Å².